The molecule has 1 amide bonds. The summed E-state index contributed by atoms with van der Waals surface area (Å²) in [6, 6.07) is 19.6. The van der Waals surface area contributed by atoms with Crippen LogP contribution >= 0.6 is 0 Å². The van der Waals surface area contributed by atoms with Crippen molar-refractivity contribution in [1.29, 1.82) is 0 Å². The quantitative estimate of drug-likeness (QED) is 0.770. The average Bonchev–Trinajstić information content (AvgIpc) is 2.69. The van der Waals surface area contributed by atoms with Gasteiger partial charge < -0.3 is 10.2 Å². The Morgan fingerprint density at radius 2 is 1.64 bits per heavy atom. The third-order valence-electron chi connectivity index (χ3n) is 4.68. The zero-order valence-corrected chi connectivity index (χ0v) is 14.1. The second-order valence-electron chi connectivity index (χ2n) is 6.41. The molecular weight excluding hydrogens is 310 g/mol. The van der Waals surface area contributed by atoms with Crippen LogP contribution < -0.4 is 10.2 Å². The predicted octanol–water partition coefficient (Wildman–Crippen LogP) is 4.48. The van der Waals surface area contributed by atoms with Gasteiger partial charge in [-0.15, -0.1) is 0 Å². The number of benzene rings is 2. The lowest BCUT2D eigenvalue weighted by atomic mass is 10.1. The molecule has 1 saturated heterocycles. The van der Waals surface area contributed by atoms with E-state index in [-0.39, 0.29) is 5.91 Å². The summed E-state index contributed by atoms with van der Waals surface area (Å²) < 4.78 is 0. The first-order valence-electron chi connectivity index (χ1n) is 8.82. The number of hydrogen-bond acceptors (Lipinski definition) is 3. The molecule has 0 atom stereocenters. The minimum atomic E-state index is -0.171. The maximum absolute atomic E-state index is 12.7. The fraction of sp³-hybridized carbons (Fsp3) is 0.238. The Kier molecular flexibility index (Phi) is 4.34. The summed E-state index contributed by atoms with van der Waals surface area (Å²) in [4.78, 5) is 19.5. The Balaban J connectivity index is 1.58. The van der Waals surface area contributed by atoms with Gasteiger partial charge in [-0.2, -0.15) is 0 Å². The van der Waals surface area contributed by atoms with Gasteiger partial charge in [-0.3, -0.25) is 4.79 Å². The highest BCUT2D eigenvalue weighted by Crippen LogP contribution is 2.24. The molecule has 2 aromatic carbocycles. The molecule has 0 aliphatic carbocycles. The van der Waals surface area contributed by atoms with E-state index < -0.39 is 0 Å². The minimum absolute atomic E-state index is 0.171. The van der Waals surface area contributed by atoms with Gasteiger partial charge in [-0.25, -0.2) is 4.98 Å². The molecular formula is C21H21N3O. The van der Waals surface area contributed by atoms with E-state index >= 15 is 0 Å². The van der Waals surface area contributed by atoms with Crippen molar-refractivity contribution in [2.75, 3.05) is 23.3 Å². The van der Waals surface area contributed by atoms with E-state index in [2.05, 4.69) is 15.2 Å². The number of rotatable bonds is 3. The normalized spacial score (nSPS) is 14.5. The van der Waals surface area contributed by atoms with Crippen molar-refractivity contribution in [1.82, 2.24) is 4.98 Å². The molecule has 1 fully saturated rings. The summed E-state index contributed by atoms with van der Waals surface area (Å²) in [5.74, 6) is 0.723. The second-order valence-corrected chi connectivity index (χ2v) is 6.41. The average molecular weight is 331 g/mol. The van der Waals surface area contributed by atoms with Crippen molar-refractivity contribution in [3.63, 3.8) is 0 Å². The van der Waals surface area contributed by atoms with Gasteiger partial charge in [0.05, 0.1) is 0 Å². The van der Waals surface area contributed by atoms with E-state index in [0.29, 0.717) is 5.69 Å². The lowest BCUT2D eigenvalue weighted by Crippen LogP contribution is -2.30. The summed E-state index contributed by atoms with van der Waals surface area (Å²) in [5, 5.41) is 5.15. The fourth-order valence-corrected chi connectivity index (χ4v) is 3.37. The van der Waals surface area contributed by atoms with E-state index in [9.17, 15) is 4.79 Å². The molecule has 3 aromatic rings. The topological polar surface area (TPSA) is 45.2 Å². The number of hydrogen-bond donors (Lipinski definition) is 1. The van der Waals surface area contributed by atoms with Crippen LogP contribution in [0.1, 0.15) is 29.8 Å². The van der Waals surface area contributed by atoms with Crippen LogP contribution in [0.25, 0.3) is 10.8 Å². The molecule has 0 radical (unpaired) electrons. The molecule has 4 rings (SSSR count). The van der Waals surface area contributed by atoms with E-state index in [4.69, 9.17) is 0 Å². The molecule has 1 aliphatic rings. The highest BCUT2D eigenvalue weighted by Gasteiger charge is 2.15. The van der Waals surface area contributed by atoms with E-state index in [1.54, 1.807) is 6.07 Å². The molecule has 0 unspecified atom stereocenters. The largest absolute Gasteiger partial charge is 0.357 e. The van der Waals surface area contributed by atoms with Gasteiger partial charge in [0.2, 0.25) is 0 Å². The zero-order chi connectivity index (χ0) is 17.1. The Morgan fingerprint density at radius 3 is 2.52 bits per heavy atom. The number of fused-ring (bicyclic) bond motifs is 1. The number of carbonyl (C=O) groups is 1. The van der Waals surface area contributed by atoms with Crippen molar-refractivity contribution >= 4 is 28.2 Å². The van der Waals surface area contributed by atoms with Crippen LogP contribution in [0.15, 0.2) is 60.7 Å². The van der Waals surface area contributed by atoms with Gasteiger partial charge in [0.25, 0.3) is 5.91 Å². The number of carbonyl (C=O) groups excluding carboxylic acids is 1. The highest BCUT2D eigenvalue weighted by molar-refractivity contribution is 6.08. The van der Waals surface area contributed by atoms with Gasteiger partial charge >= 0.3 is 0 Å². The maximum Gasteiger partial charge on any atom is 0.274 e. The molecule has 4 heteroatoms. The first-order chi connectivity index (χ1) is 12.3. The van der Waals surface area contributed by atoms with Crippen LogP contribution in [0.3, 0.4) is 0 Å². The lowest BCUT2D eigenvalue weighted by Gasteiger charge is -2.27. The molecule has 1 aromatic heterocycles. The maximum atomic E-state index is 12.7. The molecule has 0 spiro atoms. The van der Waals surface area contributed by atoms with Gasteiger partial charge in [-0.05, 0) is 42.8 Å². The predicted molar refractivity (Wildman–Crippen MR) is 102 cm³/mol. The Hall–Kier alpha value is -2.88. The van der Waals surface area contributed by atoms with E-state index in [1.807, 2.05) is 54.6 Å². The molecule has 1 aliphatic heterocycles. The van der Waals surface area contributed by atoms with Crippen LogP contribution in [0.5, 0.6) is 0 Å². The summed E-state index contributed by atoms with van der Waals surface area (Å²) in [6.07, 6.45) is 3.65. The number of pyridine rings is 1. The van der Waals surface area contributed by atoms with Crippen LogP contribution in [0.4, 0.5) is 11.5 Å². The molecule has 1 N–H and O–H groups in total. The molecule has 2 heterocycles. The number of piperidine rings is 1. The van der Waals surface area contributed by atoms with Crippen LogP contribution in [0, 0.1) is 0 Å². The molecule has 25 heavy (non-hydrogen) atoms. The molecule has 4 nitrogen and oxygen atoms in total. The zero-order valence-electron chi connectivity index (χ0n) is 14.1. The summed E-state index contributed by atoms with van der Waals surface area (Å²) in [7, 11) is 0. The van der Waals surface area contributed by atoms with Crippen molar-refractivity contribution in [3.05, 3.63) is 66.4 Å². The lowest BCUT2D eigenvalue weighted by molar-refractivity contribution is 0.102. The first-order valence-corrected chi connectivity index (χ1v) is 8.82. The monoisotopic (exact) mass is 331 g/mol. The number of nitrogens with zero attached hydrogens (tertiary/aromatic N) is 2. The number of aromatic nitrogens is 1. The summed E-state index contributed by atoms with van der Waals surface area (Å²) in [5.41, 5.74) is 1.27. The molecule has 126 valence electrons. The Morgan fingerprint density at radius 1 is 0.880 bits per heavy atom. The van der Waals surface area contributed by atoms with Crippen molar-refractivity contribution < 1.29 is 4.79 Å². The second kappa shape index (κ2) is 6.93. The van der Waals surface area contributed by atoms with E-state index in [1.165, 1.54) is 19.3 Å². The van der Waals surface area contributed by atoms with Crippen molar-refractivity contribution in [2.24, 2.45) is 0 Å². The van der Waals surface area contributed by atoms with Gasteiger partial charge in [0.15, 0.2) is 0 Å². The Bertz CT molecular complexity index is 895. The summed E-state index contributed by atoms with van der Waals surface area (Å²) >= 11 is 0. The highest BCUT2D eigenvalue weighted by atomic mass is 16.1. The SMILES string of the molecule is O=C(Nc1cccc2ccccc12)c1cccc(N2CCCCC2)n1. The van der Waals surface area contributed by atoms with Crippen molar-refractivity contribution in [2.45, 2.75) is 19.3 Å². The van der Waals surface area contributed by atoms with Crippen LogP contribution in [0.2, 0.25) is 0 Å². The Labute approximate surface area is 147 Å². The molecule has 0 bridgehead atoms. The fourth-order valence-electron chi connectivity index (χ4n) is 3.37. The number of anilines is 2. The number of amides is 1. The number of nitrogens with one attached hydrogen (secondary N) is 1. The minimum Gasteiger partial charge on any atom is -0.357 e. The van der Waals surface area contributed by atoms with Gasteiger partial charge in [-0.1, -0.05) is 42.5 Å². The summed E-state index contributed by atoms with van der Waals surface area (Å²) in [6.45, 7) is 2.03. The molecule has 0 saturated carbocycles. The van der Waals surface area contributed by atoms with Crippen LogP contribution in [-0.4, -0.2) is 24.0 Å². The third kappa shape index (κ3) is 3.33. The first kappa shape index (κ1) is 15.6. The van der Waals surface area contributed by atoms with Crippen molar-refractivity contribution in [3.8, 4) is 0 Å². The van der Waals surface area contributed by atoms with Gasteiger partial charge in [0.1, 0.15) is 11.5 Å². The smallest absolute Gasteiger partial charge is 0.274 e. The third-order valence-corrected chi connectivity index (χ3v) is 4.68. The van der Waals surface area contributed by atoms with Gasteiger partial charge in [0, 0.05) is 24.2 Å². The van der Waals surface area contributed by atoms with Crippen LogP contribution in [-0.2, 0) is 0 Å². The standard InChI is InChI=1S/C21H21N3O/c25-21(23-18-11-6-9-16-8-2-3-10-17(16)18)19-12-7-13-20(22-19)24-14-4-1-5-15-24/h2-3,6-13H,1,4-5,14-15H2,(H,23,25). The van der Waals surface area contributed by atoms with E-state index in [0.717, 1.165) is 35.4 Å².